The molecule has 27 heavy (non-hydrogen) atoms. The van der Waals surface area contributed by atoms with E-state index in [1.54, 1.807) is 24.8 Å². The van der Waals surface area contributed by atoms with E-state index in [1.807, 2.05) is 6.07 Å². The zero-order valence-corrected chi connectivity index (χ0v) is 15.4. The van der Waals surface area contributed by atoms with Gasteiger partial charge < -0.3 is 21.7 Å². The molecule has 1 aliphatic heterocycles. The number of pyridine rings is 1. The first-order valence-electron chi connectivity index (χ1n) is 8.63. The number of anilines is 3. The lowest BCUT2D eigenvalue weighted by atomic mass is 10.1. The van der Waals surface area contributed by atoms with Gasteiger partial charge in [0.2, 0.25) is 0 Å². The molecule has 0 spiro atoms. The fourth-order valence-electron chi connectivity index (χ4n) is 3.16. The second kappa shape index (κ2) is 7.33. The molecule has 3 aromatic rings. The number of piperidine rings is 1. The van der Waals surface area contributed by atoms with Gasteiger partial charge in [-0.25, -0.2) is 4.98 Å². The standard InChI is InChI=1S/C17H20N8OS/c18-11-2-1-5-25(9-11)13-3-4-20-8-12(13)23-16(26)14-15(19)27-17(24-14)10-6-21-22-7-10/h3-4,6-8,11H,1-2,5,9,18-19H2,(H,21,22)(H,23,26)/t11-/m0/s1. The third kappa shape index (κ3) is 3.62. The van der Waals surface area contributed by atoms with E-state index in [1.165, 1.54) is 11.3 Å². The Kier molecular flexibility index (Phi) is 4.73. The number of nitrogen functional groups attached to an aromatic ring is 1. The van der Waals surface area contributed by atoms with E-state index in [-0.39, 0.29) is 17.6 Å². The summed E-state index contributed by atoms with van der Waals surface area (Å²) >= 11 is 1.25. The minimum atomic E-state index is -0.367. The van der Waals surface area contributed by atoms with Gasteiger partial charge in [0.15, 0.2) is 5.69 Å². The average Bonchev–Trinajstić information content (AvgIpc) is 3.31. The molecule has 1 amide bonds. The van der Waals surface area contributed by atoms with Crippen molar-refractivity contribution < 1.29 is 4.79 Å². The third-order valence-electron chi connectivity index (χ3n) is 4.46. The zero-order chi connectivity index (χ0) is 18.8. The average molecular weight is 384 g/mol. The van der Waals surface area contributed by atoms with Crippen LogP contribution in [0.15, 0.2) is 30.9 Å². The molecule has 0 bridgehead atoms. The van der Waals surface area contributed by atoms with Crippen LogP contribution in [0.25, 0.3) is 10.6 Å². The highest BCUT2D eigenvalue weighted by molar-refractivity contribution is 7.19. The van der Waals surface area contributed by atoms with E-state index < -0.39 is 0 Å². The molecule has 0 aromatic carbocycles. The number of aromatic nitrogens is 4. The maximum Gasteiger partial charge on any atom is 0.277 e. The number of nitrogens with zero attached hydrogens (tertiary/aromatic N) is 4. The van der Waals surface area contributed by atoms with Crippen LogP contribution < -0.4 is 21.7 Å². The molecule has 6 N–H and O–H groups in total. The molecular weight excluding hydrogens is 364 g/mol. The van der Waals surface area contributed by atoms with Gasteiger partial charge >= 0.3 is 0 Å². The number of hydrogen-bond acceptors (Lipinski definition) is 8. The second-order valence-electron chi connectivity index (χ2n) is 6.41. The number of hydrogen-bond donors (Lipinski definition) is 4. The molecule has 0 saturated carbocycles. The van der Waals surface area contributed by atoms with Crippen molar-refractivity contribution in [1.29, 1.82) is 0 Å². The molecule has 1 fully saturated rings. The number of carbonyl (C=O) groups is 1. The number of amides is 1. The molecule has 1 saturated heterocycles. The largest absolute Gasteiger partial charge is 0.389 e. The molecule has 3 aromatic heterocycles. The summed E-state index contributed by atoms with van der Waals surface area (Å²) in [5.74, 6) is -0.367. The third-order valence-corrected chi connectivity index (χ3v) is 5.39. The fraction of sp³-hybridized carbons (Fsp3) is 0.294. The van der Waals surface area contributed by atoms with Crippen LogP contribution in [0.4, 0.5) is 16.4 Å². The molecule has 0 radical (unpaired) electrons. The van der Waals surface area contributed by atoms with Crippen LogP contribution in [0.5, 0.6) is 0 Å². The zero-order valence-electron chi connectivity index (χ0n) is 14.6. The van der Waals surface area contributed by atoms with Gasteiger partial charge in [0, 0.05) is 37.1 Å². The Labute approximate surface area is 159 Å². The van der Waals surface area contributed by atoms with Crippen molar-refractivity contribution in [1.82, 2.24) is 20.2 Å². The monoisotopic (exact) mass is 384 g/mol. The van der Waals surface area contributed by atoms with Crippen molar-refractivity contribution >= 4 is 33.6 Å². The lowest BCUT2D eigenvalue weighted by molar-refractivity contribution is 0.102. The van der Waals surface area contributed by atoms with E-state index in [9.17, 15) is 4.79 Å². The van der Waals surface area contributed by atoms with Crippen LogP contribution in [-0.2, 0) is 0 Å². The molecule has 10 heteroatoms. The van der Waals surface area contributed by atoms with Crippen LogP contribution in [-0.4, -0.2) is 45.2 Å². The van der Waals surface area contributed by atoms with E-state index in [4.69, 9.17) is 11.5 Å². The van der Waals surface area contributed by atoms with Gasteiger partial charge in [0.1, 0.15) is 10.0 Å². The van der Waals surface area contributed by atoms with E-state index in [2.05, 4.69) is 30.4 Å². The Bertz CT molecular complexity index is 938. The van der Waals surface area contributed by atoms with Gasteiger partial charge in [-0.2, -0.15) is 5.10 Å². The minimum Gasteiger partial charge on any atom is -0.389 e. The van der Waals surface area contributed by atoms with Crippen molar-refractivity contribution in [2.24, 2.45) is 5.73 Å². The van der Waals surface area contributed by atoms with Gasteiger partial charge in [-0.1, -0.05) is 11.3 Å². The normalized spacial score (nSPS) is 17.1. The molecule has 4 heterocycles. The molecule has 0 aliphatic carbocycles. The number of carbonyl (C=O) groups excluding carboxylic acids is 1. The number of nitrogens with one attached hydrogen (secondary N) is 2. The summed E-state index contributed by atoms with van der Waals surface area (Å²) < 4.78 is 0. The van der Waals surface area contributed by atoms with Gasteiger partial charge in [0.25, 0.3) is 5.91 Å². The van der Waals surface area contributed by atoms with Crippen molar-refractivity contribution in [2.75, 3.05) is 29.0 Å². The first-order valence-corrected chi connectivity index (χ1v) is 9.45. The molecule has 9 nitrogen and oxygen atoms in total. The second-order valence-corrected chi connectivity index (χ2v) is 7.44. The van der Waals surface area contributed by atoms with Gasteiger partial charge in [-0.3, -0.25) is 14.9 Å². The summed E-state index contributed by atoms with van der Waals surface area (Å²) in [7, 11) is 0. The van der Waals surface area contributed by atoms with Crippen LogP contribution in [0.3, 0.4) is 0 Å². The Balaban J connectivity index is 1.57. The minimum absolute atomic E-state index is 0.127. The fourth-order valence-corrected chi connectivity index (χ4v) is 3.97. The first kappa shape index (κ1) is 17.4. The van der Waals surface area contributed by atoms with Crippen molar-refractivity contribution in [3.8, 4) is 10.6 Å². The number of aromatic amines is 1. The topological polar surface area (TPSA) is 139 Å². The first-order chi connectivity index (χ1) is 13.1. The van der Waals surface area contributed by atoms with Gasteiger partial charge in [-0.05, 0) is 18.9 Å². The van der Waals surface area contributed by atoms with Gasteiger partial charge in [-0.15, -0.1) is 0 Å². The quantitative estimate of drug-likeness (QED) is 0.537. The molecule has 4 rings (SSSR count). The summed E-state index contributed by atoms with van der Waals surface area (Å²) in [4.78, 5) is 23.5. The van der Waals surface area contributed by atoms with E-state index in [0.29, 0.717) is 15.7 Å². The summed E-state index contributed by atoms with van der Waals surface area (Å²) in [6.07, 6.45) is 8.71. The number of nitrogens with two attached hydrogens (primary N) is 2. The van der Waals surface area contributed by atoms with Crippen molar-refractivity contribution in [2.45, 2.75) is 18.9 Å². The lowest BCUT2D eigenvalue weighted by Crippen LogP contribution is -2.43. The highest BCUT2D eigenvalue weighted by Crippen LogP contribution is 2.31. The van der Waals surface area contributed by atoms with Crippen LogP contribution >= 0.6 is 11.3 Å². The molecule has 1 aliphatic rings. The number of thiazole rings is 1. The van der Waals surface area contributed by atoms with Crippen molar-refractivity contribution in [3.63, 3.8) is 0 Å². The molecular formula is C17H20N8OS. The predicted octanol–water partition coefficient (Wildman–Crippen LogP) is 1.69. The summed E-state index contributed by atoms with van der Waals surface area (Å²) in [6, 6.07) is 2.01. The summed E-state index contributed by atoms with van der Waals surface area (Å²) in [5, 5.41) is 10.5. The van der Waals surface area contributed by atoms with Crippen LogP contribution in [0.1, 0.15) is 23.3 Å². The number of H-pyrrole nitrogens is 1. The highest BCUT2D eigenvalue weighted by Gasteiger charge is 2.22. The Morgan fingerprint density at radius 3 is 3.07 bits per heavy atom. The Morgan fingerprint density at radius 2 is 2.30 bits per heavy atom. The van der Waals surface area contributed by atoms with Crippen LogP contribution in [0, 0.1) is 0 Å². The maximum absolute atomic E-state index is 12.8. The SMILES string of the molecule is Nc1sc(-c2cn[nH]c2)nc1C(=O)Nc1cnccc1N1CCC[C@H](N)C1. The molecule has 0 unspecified atom stereocenters. The number of rotatable bonds is 4. The van der Waals surface area contributed by atoms with E-state index >= 15 is 0 Å². The predicted molar refractivity (Wildman–Crippen MR) is 106 cm³/mol. The summed E-state index contributed by atoms with van der Waals surface area (Å²) in [5.41, 5.74) is 14.6. The highest BCUT2D eigenvalue weighted by atomic mass is 32.1. The Morgan fingerprint density at radius 1 is 1.41 bits per heavy atom. The smallest absolute Gasteiger partial charge is 0.277 e. The van der Waals surface area contributed by atoms with Crippen molar-refractivity contribution in [3.05, 3.63) is 36.5 Å². The Hall–Kier alpha value is -2.98. The van der Waals surface area contributed by atoms with Crippen LogP contribution in [0.2, 0.25) is 0 Å². The molecule has 140 valence electrons. The summed E-state index contributed by atoms with van der Waals surface area (Å²) in [6.45, 7) is 1.64. The molecule has 1 atom stereocenters. The lowest BCUT2D eigenvalue weighted by Gasteiger charge is -2.33. The maximum atomic E-state index is 12.8. The van der Waals surface area contributed by atoms with Gasteiger partial charge in [0.05, 0.1) is 23.8 Å². The van der Waals surface area contributed by atoms with E-state index in [0.717, 1.165) is 37.2 Å².